The van der Waals surface area contributed by atoms with Crippen LogP contribution in [0.25, 0.3) is 0 Å². The zero-order chi connectivity index (χ0) is 17.8. The van der Waals surface area contributed by atoms with Crippen LogP contribution in [0.5, 0.6) is 11.5 Å². The van der Waals surface area contributed by atoms with E-state index in [0.717, 1.165) is 11.1 Å². The van der Waals surface area contributed by atoms with E-state index in [2.05, 4.69) is 0 Å². The van der Waals surface area contributed by atoms with Gasteiger partial charge >= 0.3 is 0 Å². The molecule has 6 nitrogen and oxygen atoms in total. The van der Waals surface area contributed by atoms with Gasteiger partial charge in [0.25, 0.3) is 0 Å². The molecule has 1 saturated heterocycles. The summed E-state index contributed by atoms with van der Waals surface area (Å²) in [6, 6.07) is 3.23. The maximum absolute atomic E-state index is 12.9. The highest BCUT2D eigenvalue weighted by atomic mass is 16.5. The standard InChI is InChI=1S/C19H21NO5/c1-24-13-8-11-6-7-20-17(23)10-19(15(21)4-3-5-16(19)22)18(20)12(11)9-14(13)25-2/h8-9,18H,3-7,10H2,1-2H3/t18-/m1/s1. The van der Waals surface area contributed by atoms with Crippen LogP contribution in [-0.2, 0) is 20.8 Å². The number of hydrogen-bond acceptors (Lipinski definition) is 5. The van der Waals surface area contributed by atoms with Crippen molar-refractivity contribution in [3.8, 4) is 11.5 Å². The molecule has 0 aromatic heterocycles. The quantitative estimate of drug-likeness (QED) is 0.766. The lowest BCUT2D eigenvalue weighted by molar-refractivity contribution is -0.146. The molecule has 4 rings (SSSR count). The van der Waals surface area contributed by atoms with Gasteiger partial charge in [-0.25, -0.2) is 0 Å². The van der Waals surface area contributed by atoms with Gasteiger partial charge in [-0.1, -0.05) is 0 Å². The van der Waals surface area contributed by atoms with Gasteiger partial charge in [-0.05, 0) is 36.1 Å². The Morgan fingerprint density at radius 2 is 1.64 bits per heavy atom. The molecule has 1 atom stereocenters. The van der Waals surface area contributed by atoms with Crippen LogP contribution in [0.1, 0.15) is 42.9 Å². The van der Waals surface area contributed by atoms with Gasteiger partial charge in [0.05, 0.1) is 20.3 Å². The number of ketones is 2. The predicted octanol–water partition coefficient (Wildman–Crippen LogP) is 1.84. The normalized spacial score (nSPS) is 24.3. The van der Waals surface area contributed by atoms with Crippen LogP contribution in [0.4, 0.5) is 0 Å². The molecule has 1 aromatic rings. The second kappa shape index (κ2) is 5.58. The minimum Gasteiger partial charge on any atom is -0.493 e. The third-order valence-electron chi connectivity index (χ3n) is 5.89. The van der Waals surface area contributed by atoms with E-state index in [1.807, 2.05) is 12.1 Å². The lowest BCUT2D eigenvalue weighted by Gasteiger charge is -2.41. The topological polar surface area (TPSA) is 72.9 Å². The van der Waals surface area contributed by atoms with Gasteiger partial charge in [-0.3, -0.25) is 14.4 Å². The van der Waals surface area contributed by atoms with Gasteiger partial charge in [-0.15, -0.1) is 0 Å². The smallest absolute Gasteiger partial charge is 0.224 e. The molecule has 2 fully saturated rings. The molecular weight excluding hydrogens is 322 g/mol. The van der Waals surface area contributed by atoms with Crippen LogP contribution < -0.4 is 9.47 Å². The second-order valence-corrected chi connectivity index (χ2v) is 6.99. The van der Waals surface area contributed by atoms with Gasteiger partial charge in [0, 0.05) is 25.8 Å². The molecule has 1 aliphatic carbocycles. The van der Waals surface area contributed by atoms with Crippen molar-refractivity contribution in [3.05, 3.63) is 23.3 Å². The van der Waals surface area contributed by atoms with Crippen molar-refractivity contribution in [3.63, 3.8) is 0 Å². The van der Waals surface area contributed by atoms with Gasteiger partial charge in [0.15, 0.2) is 11.5 Å². The molecule has 1 spiro atoms. The summed E-state index contributed by atoms with van der Waals surface area (Å²) in [5, 5.41) is 0. The van der Waals surface area contributed by atoms with Gasteiger partial charge in [0.1, 0.15) is 17.0 Å². The Morgan fingerprint density at radius 3 is 2.28 bits per heavy atom. The number of Topliss-reactive ketones (excluding diaryl/α,β-unsaturated/α-hetero) is 2. The number of ether oxygens (including phenoxy) is 2. The first-order chi connectivity index (χ1) is 12.0. The number of carbonyl (C=O) groups excluding carboxylic acids is 3. The average Bonchev–Trinajstić information content (AvgIpc) is 2.93. The summed E-state index contributed by atoms with van der Waals surface area (Å²) in [4.78, 5) is 40.1. The zero-order valence-electron chi connectivity index (χ0n) is 14.5. The van der Waals surface area contributed by atoms with Crippen molar-refractivity contribution in [1.29, 1.82) is 0 Å². The third-order valence-corrected chi connectivity index (χ3v) is 5.89. The summed E-state index contributed by atoms with van der Waals surface area (Å²) in [7, 11) is 3.13. The van der Waals surface area contributed by atoms with E-state index in [-0.39, 0.29) is 23.9 Å². The van der Waals surface area contributed by atoms with Gasteiger partial charge in [-0.2, -0.15) is 0 Å². The molecule has 0 unspecified atom stereocenters. The summed E-state index contributed by atoms with van der Waals surface area (Å²) in [6.07, 6.45) is 2.00. The number of methoxy groups -OCH3 is 2. The Balaban J connectivity index is 1.92. The Bertz CT molecular complexity index is 768. The van der Waals surface area contributed by atoms with Crippen molar-refractivity contribution in [2.45, 2.75) is 38.1 Å². The Morgan fingerprint density at radius 1 is 1.00 bits per heavy atom. The maximum Gasteiger partial charge on any atom is 0.224 e. The van der Waals surface area contributed by atoms with Crippen molar-refractivity contribution in [1.82, 2.24) is 4.90 Å². The molecule has 1 aromatic carbocycles. The van der Waals surface area contributed by atoms with Crippen LogP contribution in [0, 0.1) is 5.41 Å². The van der Waals surface area contributed by atoms with Crippen LogP contribution in [0.2, 0.25) is 0 Å². The Kier molecular flexibility index (Phi) is 3.60. The van der Waals surface area contributed by atoms with Crippen LogP contribution in [-0.4, -0.2) is 43.1 Å². The van der Waals surface area contributed by atoms with E-state index < -0.39 is 11.5 Å². The maximum atomic E-state index is 12.9. The Hall–Kier alpha value is -2.37. The number of nitrogens with zero attached hydrogens (tertiary/aromatic N) is 1. The van der Waals surface area contributed by atoms with Gasteiger partial charge in [0.2, 0.25) is 5.91 Å². The number of fused-ring (bicyclic) bond motifs is 4. The lowest BCUT2D eigenvalue weighted by atomic mass is 9.64. The molecular formula is C19H21NO5. The number of benzene rings is 1. The lowest BCUT2D eigenvalue weighted by Crippen LogP contribution is -2.48. The summed E-state index contributed by atoms with van der Waals surface area (Å²) in [5.74, 6) is 0.885. The SMILES string of the molecule is COc1cc2c(cc1OC)[C@H]1N(CC2)C(=O)CC12C(=O)CCCC2=O. The number of carbonyl (C=O) groups is 3. The van der Waals surface area contributed by atoms with E-state index in [4.69, 9.17) is 9.47 Å². The number of rotatable bonds is 2. The largest absolute Gasteiger partial charge is 0.493 e. The molecule has 0 bridgehead atoms. The second-order valence-electron chi connectivity index (χ2n) is 6.99. The molecule has 6 heteroatoms. The number of hydrogen-bond donors (Lipinski definition) is 0. The fourth-order valence-electron chi connectivity index (χ4n) is 4.70. The summed E-state index contributed by atoms with van der Waals surface area (Å²) >= 11 is 0. The van der Waals surface area contributed by atoms with Gasteiger partial charge < -0.3 is 14.4 Å². The molecule has 1 saturated carbocycles. The monoisotopic (exact) mass is 343 g/mol. The van der Waals surface area contributed by atoms with E-state index in [1.54, 1.807) is 19.1 Å². The van der Waals surface area contributed by atoms with Crippen molar-refractivity contribution < 1.29 is 23.9 Å². The summed E-state index contributed by atoms with van der Waals surface area (Å²) in [6.45, 7) is 0.522. The summed E-state index contributed by atoms with van der Waals surface area (Å²) in [5.41, 5.74) is 0.641. The zero-order valence-corrected chi connectivity index (χ0v) is 14.5. The first-order valence-electron chi connectivity index (χ1n) is 8.63. The first kappa shape index (κ1) is 16.1. The summed E-state index contributed by atoms with van der Waals surface area (Å²) < 4.78 is 10.8. The third kappa shape index (κ3) is 2.06. The average molecular weight is 343 g/mol. The fourth-order valence-corrected chi connectivity index (χ4v) is 4.70. The molecule has 0 N–H and O–H groups in total. The van der Waals surface area contributed by atoms with Crippen molar-refractivity contribution in [2.24, 2.45) is 5.41 Å². The molecule has 1 amide bonds. The van der Waals surface area contributed by atoms with Crippen molar-refractivity contribution in [2.75, 3.05) is 20.8 Å². The van der Waals surface area contributed by atoms with E-state index in [0.29, 0.717) is 43.7 Å². The Labute approximate surface area is 146 Å². The molecule has 2 heterocycles. The van der Waals surface area contributed by atoms with E-state index >= 15 is 0 Å². The number of amides is 1. The van der Waals surface area contributed by atoms with E-state index in [9.17, 15) is 14.4 Å². The molecule has 0 radical (unpaired) electrons. The van der Waals surface area contributed by atoms with Crippen LogP contribution in [0.15, 0.2) is 12.1 Å². The highest BCUT2D eigenvalue weighted by Crippen LogP contribution is 2.55. The highest BCUT2D eigenvalue weighted by molar-refractivity contribution is 6.14. The predicted molar refractivity (Wildman–Crippen MR) is 88.6 cm³/mol. The van der Waals surface area contributed by atoms with Crippen LogP contribution >= 0.6 is 0 Å². The minimum absolute atomic E-state index is 0.00309. The van der Waals surface area contributed by atoms with E-state index in [1.165, 1.54) is 0 Å². The molecule has 25 heavy (non-hydrogen) atoms. The molecule has 2 aliphatic heterocycles. The van der Waals surface area contributed by atoms with Crippen molar-refractivity contribution >= 4 is 17.5 Å². The molecule has 3 aliphatic rings. The first-order valence-corrected chi connectivity index (χ1v) is 8.63. The molecule has 132 valence electrons. The van der Waals surface area contributed by atoms with Crippen LogP contribution in [0.3, 0.4) is 0 Å². The fraction of sp³-hybridized carbons (Fsp3) is 0.526. The highest BCUT2D eigenvalue weighted by Gasteiger charge is 2.62. The minimum atomic E-state index is -1.22.